The number of amides is 1. The molecule has 0 bridgehead atoms. The molecule has 2 heterocycles. The molecule has 1 amide bonds. The first-order valence-corrected chi connectivity index (χ1v) is 10.7. The lowest BCUT2D eigenvalue weighted by molar-refractivity contribution is -0.120. The van der Waals surface area contributed by atoms with Crippen molar-refractivity contribution in [3.05, 3.63) is 12.7 Å². The molecule has 0 spiro atoms. The van der Waals surface area contributed by atoms with E-state index in [4.69, 9.17) is 0 Å². The highest BCUT2D eigenvalue weighted by molar-refractivity contribution is 8.01. The number of rotatable bonds is 7. The van der Waals surface area contributed by atoms with E-state index < -0.39 is 10.0 Å². The van der Waals surface area contributed by atoms with Gasteiger partial charge in [0.15, 0.2) is 4.34 Å². The summed E-state index contributed by atoms with van der Waals surface area (Å²) in [5, 5.41) is 11.1. The van der Waals surface area contributed by atoms with Crippen LogP contribution in [0.5, 0.6) is 0 Å². The Morgan fingerprint density at radius 3 is 3.04 bits per heavy atom. The fourth-order valence-corrected chi connectivity index (χ4v) is 4.94. The number of sulfonamides is 1. The van der Waals surface area contributed by atoms with Gasteiger partial charge in [0.2, 0.25) is 21.1 Å². The maximum Gasteiger partial charge on any atom is 0.230 e. The lowest BCUT2D eigenvalue weighted by Gasteiger charge is -2.30. The van der Waals surface area contributed by atoms with Crippen molar-refractivity contribution in [2.75, 3.05) is 29.9 Å². The summed E-state index contributed by atoms with van der Waals surface area (Å²) >= 11 is 2.80. The fraction of sp³-hybridized carbons (Fsp3) is 0.615. The monoisotopic (exact) mass is 376 g/mol. The van der Waals surface area contributed by atoms with Crippen molar-refractivity contribution in [1.82, 2.24) is 14.5 Å². The summed E-state index contributed by atoms with van der Waals surface area (Å²) in [6.07, 6.45) is 3.14. The zero-order valence-electron chi connectivity index (χ0n) is 12.9. The van der Waals surface area contributed by atoms with Crippen LogP contribution in [0.1, 0.15) is 19.8 Å². The van der Waals surface area contributed by atoms with Gasteiger partial charge in [-0.1, -0.05) is 29.2 Å². The van der Waals surface area contributed by atoms with Gasteiger partial charge in [-0.3, -0.25) is 4.79 Å². The van der Waals surface area contributed by atoms with E-state index in [2.05, 4.69) is 22.1 Å². The number of piperidine rings is 1. The molecule has 0 saturated carbocycles. The van der Waals surface area contributed by atoms with Crippen LogP contribution in [-0.4, -0.2) is 53.4 Å². The van der Waals surface area contributed by atoms with Crippen LogP contribution < -0.4 is 5.32 Å². The van der Waals surface area contributed by atoms with Gasteiger partial charge in [0.1, 0.15) is 0 Å². The first kappa shape index (κ1) is 18.4. The second kappa shape index (κ2) is 8.22. The van der Waals surface area contributed by atoms with Gasteiger partial charge in [-0.25, -0.2) is 12.7 Å². The van der Waals surface area contributed by atoms with E-state index in [0.29, 0.717) is 24.5 Å². The fourth-order valence-electron chi connectivity index (χ4n) is 2.25. The number of anilines is 1. The maximum absolute atomic E-state index is 12.3. The van der Waals surface area contributed by atoms with Crippen LogP contribution >= 0.6 is 23.1 Å². The predicted octanol–water partition coefficient (Wildman–Crippen LogP) is 1.82. The molecule has 1 saturated heterocycles. The molecular weight excluding hydrogens is 356 g/mol. The molecule has 0 unspecified atom stereocenters. The number of hydrogen-bond donors (Lipinski definition) is 1. The normalized spacial score (nSPS) is 19.4. The molecule has 1 aromatic rings. The second-order valence-corrected chi connectivity index (χ2v) is 9.56. The smallest absolute Gasteiger partial charge is 0.230 e. The molecule has 2 rings (SSSR count). The van der Waals surface area contributed by atoms with Crippen molar-refractivity contribution in [1.29, 1.82) is 0 Å². The van der Waals surface area contributed by atoms with Crippen molar-refractivity contribution >= 4 is 44.2 Å². The van der Waals surface area contributed by atoms with Gasteiger partial charge >= 0.3 is 0 Å². The predicted molar refractivity (Wildman–Crippen MR) is 93.2 cm³/mol. The molecule has 0 aromatic carbocycles. The van der Waals surface area contributed by atoms with Crippen LogP contribution in [0.15, 0.2) is 17.0 Å². The number of aromatic nitrogens is 2. The third-order valence-electron chi connectivity index (χ3n) is 3.47. The van der Waals surface area contributed by atoms with E-state index in [9.17, 15) is 13.2 Å². The number of thioether (sulfide) groups is 1. The summed E-state index contributed by atoms with van der Waals surface area (Å²) in [5.74, 6) is 0.243. The minimum Gasteiger partial charge on any atom is -0.300 e. The molecule has 1 aliphatic rings. The van der Waals surface area contributed by atoms with Gasteiger partial charge in [0.25, 0.3) is 0 Å². The first-order valence-electron chi connectivity index (χ1n) is 7.32. The third kappa shape index (κ3) is 5.00. The highest BCUT2D eigenvalue weighted by atomic mass is 32.2. The SMILES string of the molecule is C=CCSc1nnc(NC(=O)[C@@H]2CCCN(S(=O)(=O)CC)C2)s1. The summed E-state index contributed by atoms with van der Waals surface area (Å²) < 4.78 is 26.1. The average Bonchev–Trinajstić information content (AvgIpc) is 3.00. The van der Waals surface area contributed by atoms with Gasteiger partial charge < -0.3 is 5.32 Å². The van der Waals surface area contributed by atoms with Crippen molar-refractivity contribution in [3.63, 3.8) is 0 Å². The molecule has 1 N–H and O–H groups in total. The standard InChI is InChI=1S/C13H20N4O3S3/c1-3-8-21-13-16-15-12(22-13)14-11(18)10-6-5-7-17(9-10)23(19,20)4-2/h3,10H,1,4-9H2,2H3,(H,14,15,18)/t10-/m1/s1. The third-order valence-corrected chi connectivity index (χ3v) is 7.29. The summed E-state index contributed by atoms with van der Waals surface area (Å²) in [7, 11) is -3.25. The van der Waals surface area contributed by atoms with Gasteiger partial charge in [-0.15, -0.1) is 16.8 Å². The number of nitrogens with zero attached hydrogens (tertiary/aromatic N) is 3. The summed E-state index contributed by atoms with van der Waals surface area (Å²) in [4.78, 5) is 12.3. The minimum absolute atomic E-state index is 0.0572. The molecule has 128 valence electrons. The molecule has 10 heteroatoms. The van der Waals surface area contributed by atoms with Crippen LogP contribution in [0, 0.1) is 5.92 Å². The Bertz CT molecular complexity index is 659. The van der Waals surface area contributed by atoms with Gasteiger partial charge in [-0.2, -0.15) is 0 Å². The van der Waals surface area contributed by atoms with E-state index >= 15 is 0 Å². The van der Waals surface area contributed by atoms with Crippen molar-refractivity contribution in [3.8, 4) is 0 Å². The maximum atomic E-state index is 12.3. The summed E-state index contributed by atoms with van der Waals surface area (Å²) in [6, 6.07) is 0. The van der Waals surface area contributed by atoms with Crippen molar-refractivity contribution in [2.45, 2.75) is 24.1 Å². The molecule has 1 fully saturated rings. The van der Waals surface area contributed by atoms with E-state index in [1.54, 1.807) is 13.0 Å². The zero-order valence-corrected chi connectivity index (χ0v) is 15.3. The molecule has 1 aromatic heterocycles. The lowest BCUT2D eigenvalue weighted by Crippen LogP contribution is -2.44. The quantitative estimate of drug-likeness (QED) is 0.443. The Balaban J connectivity index is 1.95. The van der Waals surface area contributed by atoms with Crippen molar-refractivity contribution < 1.29 is 13.2 Å². The molecule has 0 aliphatic carbocycles. The number of hydrogen-bond acceptors (Lipinski definition) is 7. The summed E-state index contributed by atoms with van der Waals surface area (Å²) in [5.41, 5.74) is 0. The van der Waals surface area contributed by atoms with Crippen LogP contribution in [0.4, 0.5) is 5.13 Å². The average molecular weight is 377 g/mol. The van der Waals surface area contributed by atoms with Gasteiger partial charge in [0, 0.05) is 18.8 Å². The second-order valence-electron chi connectivity index (χ2n) is 5.06. The van der Waals surface area contributed by atoms with E-state index in [-0.39, 0.29) is 24.1 Å². The van der Waals surface area contributed by atoms with Gasteiger partial charge in [-0.05, 0) is 19.8 Å². The topological polar surface area (TPSA) is 92.3 Å². The lowest BCUT2D eigenvalue weighted by atomic mass is 9.99. The van der Waals surface area contributed by atoms with E-state index in [1.807, 2.05) is 0 Å². The first-order chi connectivity index (χ1) is 11.0. The molecule has 0 radical (unpaired) electrons. The Hall–Kier alpha value is -0.970. The van der Waals surface area contributed by atoms with Gasteiger partial charge in [0.05, 0.1) is 11.7 Å². The largest absolute Gasteiger partial charge is 0.300 e. The summed E-state index contributed by atoms with van der Waals surface area (Å²) in [6.45, 7) is 5.97. The Morgan fingerprint density at radius 1 is 1.57 bits per heavy atom. The van der Waals surface area contributed by atoms with E-state index in [0.717, 1.165) is 10.1 Å². The van der Waals surface area contributed by atoms with Crippen LogP contribution in [0.2, 0.25) is 0 Å². The van der Waals surface area contributed by atoms with Crippen molar-refractivity contribution in [2.24, 2.45) is 5.92 Å². The minimum atomic E-state index is -3.25. The molecule has 1 atom stereocenters. The van der Waals surface area contributed by atoms with Crippen LogP contribution in [-0.2, 0) is 14.8 Å². The number of nitrogens with one attached hydrogen (secondary N) is 1. The zero-order chi connectivity index (χ0) is 16.9. The number of carbonyl (C=O) groups is 1. The molecular formula is C13H20N4O3S3. The van der Waals surface area contributed by atoms with Crippen LogP contribution in [0.25, 0.3) is 0 Å². The highest BCUT2D eigenvalue weighted by Crippen LogP contribution is 2.27. The van der Waals surface area contributed by atoms with Crippen LogP contribution in [0.3, 0.4) is 0 Å². The Labute approximate surface area is 144 Å². The molecule has 1 aliphatic heterocycles. The van der Waals surface area contributed by atoms with E-state index in [1.165, 1.54) is 27.4 Å². The Morgan fingerprint density at radius 2 is 2.35 bits per heavy atom. The Kier molecular flexibility index (Phi) is 6.57. The molecule has 23 heavy (non-hydrogen) atoms. The molecule has 7 nitrogen and oxygen atoms in total. The number of carbonyl (C=O) groups excluding carboxylic acids is 1. The highest BCUT2D eigenvalue weighted by Gasteiger charge is 2.31.